The summed E-state index contributed by atoms with van der Waals surface area (Å²) in [5, 5.41) is 9.06. The predicted molar refractivity (Wildman–Crippen MR) is 133 cm³/mol. The van der Waals surface area contributed by atoms with Crippen molar-refractivity contribution in [3.63, 3.8) is 0 Å². The zero-order valence-electron chi connectivity index (χ0n) is 18.9. The molecule has 3 heterocycles. The fourth-order valence-electron chi connectivity index (χ4n) is 4.25. The van der Waals surface area contributed by atoms with Crippen molar-refractivity contribution in [2.45, 2.75) is 25.6 Å². The molecular weight excluding hydrogens is 470 g/mol. The Labute approximate surface area is 207 Å². The molecule has 0 bridgehead atoms. The standard InChI is InChI=1S/C25H24ClN5O2S/c1-30-23(21(26)14-29-30)11-22-19-5-3-4-6-20(19)24(32)31(22)15-18-13-28-25(34-18)27-12-16-7-9-17(33-2)10-8-16/h3-10,13-14,22H,11-12,15H2,1-2H3,(H,27,28). The largest absolute Gasteiger partial charge is 0.497 e. The van der Waals surface area contributed by atoms with Gasteiger partial charge in [0.2, 0.25) is 0 Å². The number of halogens is 1. The summed E-state index contributed by atoms with van der Waals surface area (Å²) in [6.45, 7) is 1.14. The van der Waals surface area contributed by atoms with Gasteiger partial charge in [-0.1, -0.05) is 41.9 Å². The van der Waals surface area contributed by atoms with Gasteiger partial charge < -0.3 is 15.0 Å². The first-order valence-corrected chi connectivity index (χ1v) is 12.1. The number of ether oxygens (including phenoxy) is 1. The van der Waals surface area contributed by atoms with Crippen molar-refractivity contribution in [3.8, 4) is 5.75 Å². The molecule has 1 aliphatic rings. The minimum atomic E-state index is -0.116. The summed E-state index contributed by atoms with van der Waals surface area (Å²) >= 11 is 7.95. The Balaban J connectivity index is 1.32. The molecule has 1 amide bonds. The number of nitrogens with one attached hydrogen (secondary N) is 1. The molecule has 34 heavy (non-hydrogen) atoms. The number of nitrogens with zero attached hydrogens (tertiary/aromatic N) is 4. The van der Waals surface area contributed by atoms with Crippen LogP contribution in [0.25, 0.3) is 0 Å². The van der Waals surface area contributed by atoms with Crippen molar-refractivity contribution in [1.82, 2.24) is 19.7 Å². The number of carbonyl (C=O) groups is 1. The third-order valence-electron chi connectivity index (χ3n) is 6.07. The lowest BCUT2D eigenvalue weighted by atomic mass is 10.0. The maximum Gasteiger partial charge on any atom is 0.255 e. The second-order valence-corrected chi connectivity index (χ2v) is 9.66. The van der Waals surface area contributed by atoms with Gasteiger partial charge in [-0.05, 0) is 29.3 Å². The van der Waals surface area contributed by atoms with E-state index in [-0.39, 0.29) is 11.9 Å². The average molecular weight is 494 g/mol. The van der Waals surface area contributed by atoms with E-state index in [1.54, 1.807) is 29.3 Å². The zero-order chi connectivity index (χ0) is 23.7. The molecule has 7 nitrogen and oxygen atoms in total. The number of fused-ring (bicyclic) bond motifs is 1. The molecule has 0 aliphatic carbocycles. The molecule has 0 saturated carbocycles. The van der Waals surface area contributed by atoms with Gasteiger partial charge in [0.05, 0.1) is 36.6 Å². The van der Waals surface area contributed by atoms with E-state index in [0.29, 0.717) is 24.5 Å². The predicted octanol–water partition coefficient (Wildman–Crippen LogP) is 5.09. The number of aryl methyl sites for hydroxylation is 1. The maximum absolute atomic E-state index is 13.3. The number of anilines is 1. The van der Waals surface area contributed by atoms with E-state index in [2.05, 4.69) is 15.4 Å². The molecule has 2 aromatic carbocycles. The van der Waals surface area contributed by atoms with E-state index >= 15 is 0 Å². The van der Waals surface area contributed by atoms with Gasteiger partial charge in [-0.2, -0.15) is 5.10 Å². The third kappa shape index (κ3) is 4.38. The molecule has 1 unspecified atom stereocenters. The first-order chi connectivity index (χ1) is 16.5. The van der Waals surface area contributed by atoms with Gasteiger partial charge in [-0.15, -0.1) is 11.3 Å². The number of thiazole rings is 1. The van der Waals surface area contributed by atoms with Crippen LogP contribution in [0, 0.1) is 0 Å². The van der Waals surface area contributed by atoms with E-state index in [1.165, 1.54) is 0 Å². The molecule has 0 saturated heterocycles. The van der Waals surface area contributed by atoms with Crippen molar-refractivity contribution in [1.29, 1.82) is 0 Å². The first kappa shape index (κ1) is 22.4. The van der Waals surface area contributed by atoms with Crippen LogP contribution in [0.4, 0.5) is 5.13 Å². The van der Waals surface area contributed by atoms with Crippen LogP contribution in [-0.4, -0.2) is 32.7 Å². The summed E-state index contributed by atoms with van der Waals surface area (Å²) in [5.74, 6) is 0.860. The van der Waals surface area contributed by atoms with Crippen LogP contribution < -0.4 is 10.1 Å². The summed E-state index contributed by atoms with van der Waals surface area (Å²) in [4.78, 5) is 20.8. The number of carbonyl (C=O) groups excluding carboxylic acids is 1. The van der Waals surface area contributed by atoms with Crippen molar-refractivity contribution in [2.75, 3.05) is 12.4 Å². The number of aromatic nitrogens is 3. The summed E-state index contributed by atoms with van der Waals surface area (Å²) in [7, 11) is 3.53. The van der Waals surface area contributed by atoms with E-state index in [0.717, 1.165) is 38.1 Å². The third-order valence-corrected chi connectivity index (χ3v) is 7.32. The van der Waals surface area contributed by atoms with Gasteiger partial charge in [-0.25, -0.2) is 4.98 Å². The Bertz CT molecular complexity index is 1300. The van der Waals surface area contributed by atoms with Gasteiger partial charge in [0.15, 0.2) is 5.13 Å². The highest BCUT2D eigenvalue weighted by atomic mass is 35.5. The summed E-state index contributed by atoms with van der Waals surface area (Å²) in [5.41, 5.74) is 3.81. The van der Waals surface area contributed by atoms with Gasteiger partial charge in [0.1, 0.15) is 5.75 Å². The van der Waals surface area contributed by atoms with Crippen LogP contribution in [0.1, 0.15) is 38.1 Å². The SMILES string of the molecule is COc1ccc(CNc2ncc(CN3C(=O)c4ccccc4C3Cc3c(Cl)cnn3C)s2)cc1. The van der Waals surface area contributed by atoms with Crippen molar-refractivity contribution in [3.05, 3.63) is 93.2 Å². The number of rotatable bonds is 8. The highest BCUT2D eigenvalue weighted by Gasteiger charge is 2.37. The Kier molecular flexibility index (Phi) is 6.26. The van der Waals surface area contributed by atoms with E-state index < -0.39 is 0 Å². The van der Waals surface area contributed by atoms with Crippen LogP contribution in [0.15, 0.2) is 60.9 Å². The number of amides is 1. The summed E-state index contributed by atoms with van der Waals surface area (Å²) in [6, 6.07) is 15.6. The van der Waals surface area contributed by atoms with Gasteiger partial charge in [0, 0.05) is 36.7 Å². The molecule has 1 atom stereocenters. The monoisotopic (exact) mass is 493 g/mol. The quantitative estimate of drug-likeness (QED) is 0.370. The number of hydrogen-bond acceptors (Lipinski definition) is 6. The number of methoxy groups -OCH3 is 1. The molecular formula is C25H24ClN5O2S. The molecule has 0 fully saturated rings. The number of hydrogen-bond donors (Lipinski definition) is 1. The van der Waals surface area contributed by atoms with Crippen molar-refractivity contribution >= 4 is 34.0 Å². The van der Waals surface area contributed by atoms with Gasteiger partial charge in [-0.3, -0.25) is 9.48 Å². The lowest BCUT2D eigenvalue weighted by Gasteiger charge is -2.25. The van der Waals surface area contributed by atoms with Crippen LogP contribution >= 0.6 is 22.9 Å². The molecule has 174 valence electrons. The summed E-state index contributed by atoms with van der Waals surface area (Å²) < 4.78 is 6.99. The smallest absolute Gasteiger partial charge is 0.255 e. The Morgan fingerprint density at radius 2 is 1.94 bits per heavy atom. The lowest BCUT2D eigenvalue weighted by molar-refractivity contribution is 0.0710. The van der Waals surface area contributed by atoms with Crippen LogP contribution in [0.3, 0.4) is 0 Å². The highest BCUT2D eigenvalue weighted by molar-refractivity contribution is 7.15. The van der Waals surface area contributed by atoms with Crippen molar-refractivity contribution in [2.24, 2.45) is 7.05 Å². The Morgan fingerprint density at radius 1 is 1.15 bits per heavy atom. The average Bonchev–Trinajstić information content (AvgIpc) is 3.52. The van der Waals surface area contributed by atoms with E-state index in [1.807, 2.05) is 66.7 Å². The Hall–Kier alpha value is -3.36. The van der Waals surface area contributed by atoms with Gasteiger partial charge in [0.25, 0.3) is 5.91 Å². The van der Waals surface area contributed by atoms with Crippen LogP contribution in [0.5, 0.6) is 5.75 Å². The molecule has 1 N–H and O–H groups in total. The van der Waals surface area contributed by atoms with E-state index in [9.17, 15) is 4.79 Å². The molecule has 9 heteroatoms. The molecule has 0 radical (unpaired) electrons. The van der Waals surface area contributed by atoms with Crippen LogP contribution in [0.2, 0.25) is 5.02 Å². The van der Waals surface area contributed by atoms with Crippen LogP contribution in [-0.2, 0) is 26.6 Å². The normalized spacial score (nSPS) is 15.0. The summed E-state index contributed by atoms with van der Waals surface area (Å²) in [6.07, 6.45) is 4.08. The lowest BCUT2D eigenvalue weighted by Crippen LogP contribution is -2.29. The minimum absolute atomic E-state index is 0.0278. The second kappa shape index (κ2) is 9.48. The van der Waals surface area contributed by atoms with E-state index in [4.69, 9.17) is 16.3 Å². The topological polar surface area (TPSA) is 72.3 Å². The molecule has 0 spiro atoms. The number of benzene rings is 2. The maximum atomic E-state index is 13.3. The molecule has 5 rings (SSSR count). The minimum Gasteiger partial charge on any atom is -0.497 e. The highest BCUT2D eigenvalue weighted by Crippen LogP contribution is 2.38. The Morgan fingerprint density at radius 3 is 2.68 bits per heavy atom. The van der Waals surface area contributed by atoms with Crippen molar-refractivity contribution < 1.29 is 9.53 Å². The second-order valence-electron chi connectivity index (χ2n) is 8.14. The molecule has 1 aliphatic heterocycles. The van der Waals surface area contributed by atoms with Gasteiger partial charge >= 0.3 is 0 Å². The zero-order valence-corrected chi connectivity index (χ0v) is 20.4. The fourth-order valence-corrected chi connectivity index (χ4v) is 5.30. The fraction of sp³-hybridized carbons (Fsp3) is 0.240. The molecule has 4 aromatic rings. The molecule has 2 aromatic heterocycles. The first-order valence-electron chi connectivity index (χ1n) is 10.9.